The maximum Gasteiger partial charge on any atom is 0.331 e. The van der Waals surface area contributed by atoms with Gasteiger partial charge in [0, 0.05) is 11.5 Å². The Morgan fingerprint density at radius 3 is 2.05 bits per heavy atom. The van der Waals surface area contributed by atoms with Gasteiger partial charge in [-0.05, 0) is 76.0 Å². The molecule has 0 radical (unpaired) electrons. The molecule has 3 nitrogen and oxygen atoms in total. The highest BCUT2D eigenvalue weighted by Gasteiger charge is 2.32. The number of rotatable bonds is 4. The predicted octanol–water partition coefficient (Wildman–Crippen LogP) is 4.71. The number of carboxylic acid groups (broad SMARTS) is 1. The van der Waals surface area contributed by atoms with Crippen molar-refractivity contribution in [2.75, 3.05) is 0 Å². The van der Waals surface area contributed by atoms with Gasteiger partial charge < -0.3 is 5.11 Å². The number of nitriles is 1. The van der Waals surface area contributed by atoms with E-state index >= 15 is 0 Å². The fourth-order valence-electron chi connectivity index (χ4n) is 4.20. The van der Waals surface area contributed by atoms with Crippen LogP contribution in [0.4, 0.5) is 0 Å². The number of aliphatic carboxylic acids is 1. The van der Waals surface area contributed by atoms with Crippen LogP contribution in [0.15, 0.2) is 23.8 Å². The van der Waals surface area contributed by atoms with Gasteiger partial charge in [0.05, 0.1) is 6.07 Å². The Labute approximate surface area is 133 Å². The standard InChI is InChI=1S/C19H27NO2/c1-2-3-4-18(19(21)22)17-11-9-16(10-12-17)15-7-5-14(13-20)6-8-15/h2-4,14-17H,5-12H2,1H3,(H,21,22). The zero-order chi connectivity index (χ0) is 15.9. The summed E-state index contributed by atoms with van der Waals surface area (Å²) in [7, 11) is 0. The molecule has 0 spiro atoms. The topological polar surface area (TPSA) is 61.1 Å². The second kappa shape index (κ2) is 8.17. The van der Waals surface area contributed by atoms with E-state index in [1.165, 1.54) is 12.8 Å². The fraction of sp³-hybridized carbons (Fsp3) is 0.684. The van der Waals surface area contributed by atoms with Crippen molar-refractivity contribution >= 4 is 5.97 Å². The van der Waals surface area contributed by atoms with Gasteiger partial charge >= 0.3 is 5.97 Å². The minimum absolute atomic E-state index is 0.209. The van der Waals surface area contributed by atoms with Crippen LogP contribution in [0, 0.1) is 35.0 Å². The molecule has 1 N–H and O–H groups in total. The van der Waals surface area contributed by atoms with Crippen LogP contribution in [-0.4, -0.2) is 11.1 Å². The van der Waals surface area contributed by atoms with Crippen molar-refractivity contribution in [1.29, 1.82) is 5.26 Å². The monoisotopic (exact) mass is 301 g/mol. The average molecular weight is 301 g/mol. The van der Waals surface area contributed by atoms with Gasteiger partial charge in [0.2, 0.25) is 0 Å². The van der Waals surface area contributed by atoms with Gasteiger partial charge in [-0.25, -0.2) is 4.79 Å². The molecule has 3 heteroatoms. The third kappa shape index (κ3) is 4.22. The smallest absolute Gasteiger partial charge is 0.331 e. The van der Waals surface area contributed by atoms with Crippen molar-refractivity contribution in [1.82, 2.24) is 0 Å². The van der Waals surface area contributed by atoms with E-state index in [0.29, 0.717) is 5.57 Å². The van der Waals surface area contributed by atoms with E-state index in [9.17, 15) is 9.90 Å². The molecule has 0 amide bonds. The maximum absolute atomic E-state index is 11.4. The number of carbonyl (C=O) groups is 1. The number of hydrogen-bond acceptors (Lipinski definition) is 2. The highest BCUT2D eigenvalue weighted by molar-refractivity contribution is 5.87. The zero-order valence-corrected chi connectivity index (χ0v) is 13.5. The van der Waals surface area contributed by atoms with Crippen LogP contribution in [0.2, 0.25) is 0 Å². The molecule has 0 atom stereocenters. The molecule has 0 aromatic heterocycles. The van der Waals surface area contributed by atoms with E-state index in [1.807, 2.05) is 19.1 Å². The molecule has 0 aromatic carbocycles. The molecule has 2 aliphatic carbocycles. The highest BCUT2D eigenvalue weighted by Crippen LogP contribution is 2.42. The van der Waals surface area contributed by atoms with Crippen LogP contribution < -0.4 is 0 Å². The minimum atomic E-state index is -0.768. The van der Waals surface area contributed by atoms with Crippen LogP contribution in [0.5, 0.6) is 0 Å². The Kier molecular flexibility index (Phi) is 6.24. The van der Waals surface area contributed by atoms with Crippen molar-refractivity contribution in [2.45, 2.75) is 58.3 Å². The fourth-order valence-corrected chi connectivity index (χ4v) is 4.20. The molecule has 0 unspecified atom stereocenters. The number of hydrogen-bond donors (Lipinski definition) is 1. The van der Waals surface area contributed by atoms with Crippen molar-refractivity contribution in [3.8, 4) is 6.07 Å². The van der Waals surface area contributed by atoms with Crippen LogP contribution in [0.25, 0.3) is 0 Å². The van der Waals surface area contributed by atoms with E-state index in [2.05, 4.69) is 6.07 Å². The Balaban J connectivity index is 1.87. The lowest BCUT2D eigenvalue weighted by atomic mass is 9.68. The molecule has 0 heterocycles. The summed E-state index contributed by atoms with van der Waals surface area (Å²) in [6, 6.07) is 2.40. The maximum atomic E-state index is 11.4. The Bertz CT molecular complexity index is 470. The lowest BCUT2D eigenvalue weighted by Crippen LogP contribution is -2.27. The summed E-state index contributed by atoms with van der Waals surface area (Å²) in [6.07, 6.45) is 14.3. The predicted molar refractivity (Wildman–Crippen MR) is 87.0 cm³/mol. The number of carboxylic acids is 1. The van der Waals surface area contributed by atoms with Crippen LogP contribution in [-0.2, 0) is 4.79 Å². The molecule has 0 saturated heterocycles. The van der Waals surface area contributed by atoms with Gasteiger partial charge in [0.25, 0.3) is 0 Å². The van der Waals surface area contributed by atoms with Gasteiger partial charge in [-0.3, -0.25) is 0 Å². The van der Waals surface area contributed by atoms with E-state index in [-0.39, 0.29) is 11.8 Å². The summed E-state index contributed by atoms with van der Waals surface area (Å²) in [5.74, 6) is 1.22. The first-order valence-electron chi connectivity index (χ1n) is 8.61. The van der Waals surface area contributed by atoms with Crippen molar-refractivity contribution in [3.63, 3.8) is 0 Å². The summed E-state index contributed by atoms with van der Waals surface area (Å²) in [4.78, 5) is 11.4. The SMILES string of the molecule is CC=CC=C(C(=O)O)C1CCC(C2CCC(C#N)CC2)CC1. The molecule has 0 bridgehead atoms. The summed E-state index contributed by atoms with van der Waals surface area (Å²) in [6.45, 7) is 1.91. The molecule has 120 valence electrons. The van der Waals surface area contributed by atoms with Gasteiger partial charge in [-0.15, -0.1) is 0 Å². The summed E-state index contributed by atoms with van der Waals surface area (Å²) >= 11 is 0. The lowest BCUT2D eigenvalue weighted by molar-refractivity contribution is -0.133. The molecule has 2 fully saturated rings. The van der Waals surface area contributed by atoms with Gasteiger partial charge in [-0.2, -0.15) is 5.26 Å². The first-order valence-corrected chi connectivity index (χ1v) is 8.61. The third-order valence-corrected chi connectivity index (χ3v) is 5.55. The first-order chi connectivity index (χ1) is 10.7. The first kappa shape index (κ1) is 16.8. The van der Waals surface area contributed by atoms with E-state index in [4.69, 9.17) is 5.26 Å². The van der Waals surface area contributed by atoms with Gasteiger partial charge in [-0.1, -0.05) is 18.2 Å². The van der Waals surface area contributed by atoms with Crippen LogP contribution in [0.3, 0.4) is 0 Å². The number of allylic oxidation sites excluding steroid dienone is 3. The second-order valence-corrected chi connectivity index (χ2v) is 6.81. The Morgan fingerprint density at radius 1 is 1.05 bits per heavy atom. The molecular formula is C19H27NO2. The second-order valence-electron chi connectivity index (χ2n) is 6.81. The minimum Gasteiger partial charge on any atom is -0.478 e. The van der Waals surface area contributed by atoms with Gasteiger partial charge in [0.1, 0.15) is 0 Å². The number of nitrogens with zero attached hydrogens (tertiary/aromatic N) is 1. The molecule has 2 rings (SSSR count). The molecule has 0 aromatic rings. The lowest BCUT2D eigenvalue weighted by Gasteiger charge is -2.36. The highest BCUT2D eigenvalue weighted by atomic mass is 16.4. The normalized spacial score (nSPS) is 33.5. The summed E-state index contributed by atoms with van der Waals surface area (Å²) in [5.41, 5.74) is 0.574. The molecule has 2 saturated carbocycles. The Morgan fingerprint density at radius 2 is 1.59 bits per heavy atom. The van der Waals surface area contributed by atoms with Gasteiger partial charge in [0.15, 0.2) is 0 Å². The Hall–Kier alpha value is -1.56. The van der Waals surface area contributed by atoms with Crippen molar-refractivity contribution in [3.05, 3.63) is 23.8 Å². The van der Waals surface area contributed by atoms with Crippen molar-refractivity contribution < 1.29 is 9.90 Å². The molecule has 2 aliphatic rings. The average Bonchev–Trinajstić information content (AvgIpc) is 2.55. The van der Waals surface area contributed by atoms with E-state index in [1.54, 1.807) is 6.08 Å². The van der Waals surface area contributed by atoms with E-state index < -0.39 is 5.97 Å². The molecular weight excluding hydrogens is 274 g/mol. The van der Waals surface area contributed by atoms with Crippen LogP contribution in [0.1, 0.15) is 58.3 Å². The van der Waals surface area contributed by atoms with Crippen LogP contribution >= 0.6 is 0 Å². The third-order valence-electron chi connectivity index (χ3n) is 5.55. The summed E-state index contributed by atoms with van der Waals surface area (Å²) < 4.78 is 0. The van der Waals surface area contributed by atoms with Crippen molar-refractivity contribution in [2.24, 2.45) is 23.7 Å². The molecule has 0 aliphatic heterocycles. The van der Waals surface area contributed by atoms with E-state index in [0.717, 1.165) is 50.4 Å². The molecule has 22 heavy (non-hydrogen) atoms. The quantitative estimate of drug-likeness (QED) is 0.604. The largest absolute Gasteiger partial charge is 0.478 e. The zero-order valence-electron chi connectivity index (χ0n) is 13.5. The summed E-state index contributed by atoms with van der Waals surface area (Å²) in [5, 5.41) is 18.4.